The Bertz CT molecular complexity index is 366. The summed E-state index contributed by atoms with van der Waals surface area (Å²) in [6.45, 7) is 18.2. The van der Waals surface area contributed by atoms with Crippen molar-refractivity contribution in [3.63, 3.8) is 0 Å². The van der Waals surface area contributed by atoms with Crippen molar-refractivity contribution in [1.29, 1.82) is 0 Å². The van der Waals surface area contributed by atoms with Crippen LogP contribution in [0.3, 0.4) is 0 Å². The smallest absolute Gasteiger partial charge is 0.104 e. The summed E-state index contributed by atoms with van der Waals surface area (Å²) in [5, 5.41) is 0. The van der Waals surface area contributed by atoms with E-state index >= 15 is 0 Å². The van der Waals surface area contributed by atoms with Gasteiger partial charge in [-0.05, 0) is 25.7 Å². The second-order valence-corrected chi connectivity index (χ2v) is 8.73. The molecule has 0 spiro atoms. The van der Waals surface area contributed by atoms with Crippen LogP contribution in [0.1, 0.15) is 157 Å². The molecule has 0 aliphatic carbocycles. The molecule has 0 aliphatic rings. The number of hydrogen-bond acceptors (Lipinski definition) is 10. The van der Waals surface area contributed by atoms with Crippen molar-refractivity contribution >= 4 is 0 Å². The van der Waals surface area contributed by atoms with Crippen molar-refractivity contribution in [1.82, 2.24) is 0 Å². The Morgan fingerprint density at radius 1 is 0.231 bits per heavy atom. The lowest BCUT2D eigenvalue weighted by Gasteiger charge is -2.21. The fourth-order valence-corrected chi connectivity index (χ4v) is 3.03. The Hall–Kier alpha value is -0.400. The maximum atomic E-state index is 6.01. The summed E-state index contributed by atoms with van der Waals surface area (Å²) < 4.78 is 56.9. The first-order valence-corrected chi connectivity index (χ1v) is 14.6. The molecule has 0 unspecified atom stereocenters. The largest absolute Gasteiger partial charge is 0.379 e. The van der Waals surface area contributed by atoms with E-state index in [0.29, 0.717) is 92.5 Å². The molecule has 0 radical (unpaired) electrons. The lowest BCUT2D eigenvalue weighted by atomic mass is 10.4. The minimum atomic E-state index is -0.201. The summed E-state index contributed by atoms with van der Waals surface area (Å²) in [5.74, 6) is 0. The molecular weight excluding hydrogens is 664 g/mol. The van der Waals surface area contributed by atoms with Crippen molar-refractivity contribution in [2.45, 2.75) is 170 Å². The van der Waals surface area contributed by atoms with Crippen molar-refractivity contribution in [3.8, 4) is 0 Å². The van der Waals surface area contributed by atoms with Crippen LogP contribution in [0.5, 0.6) is 0 Å². The van der Waals surface area contributed by atoms with Crippen LogP contribution in [-0.4, -0.2) is 131 Å². The van der Waals surface area contributed by atoms with E-state index in [1.165, 1.54) is 0 Å². The fourth-order valence-electron chi connectivity index (χ4n) is 3.03. The fraction of sp³-hybridized carbons (Fsp3) is 1.00. The van der Waals surface area contributed by atoms with Gasteiger partial charge in [0.25, 0.3) is 0 Å². The molecule has 342 valence electrons. The van der Waals surface area contributed by atoms with Gasteiger partial charge in [-0.15, -0.1) is 0 Å². The van der Waals surface area contributed by atoms with Gasteiger partial charge in [0, 0.05) is 26.4 Å². The van der Waals surface area contributed by atoms with Gasteiger partial charge < -0.3 is 47.4 Å². The van der Waals surface area contributed by atoms with Gasteiger partial charge in [0.1, 0.15) is 12.2 Å². The molecule has 0 aromatic heterocycles. The van der Waals surface area contributed by atoms with Crippen LogP contribution < -0.4 is 0 Å². The van der Waals surface area contributed by atoms with E-state index in [4.69, 9.17) is 47.4 Å². The van der Waals surface area contributed by atoms with Crippen molar-refractivity contribution < 1.29 is 47.4 Å². The van der Waals surface area contributed by atoms with Gasteiger partial charge in [-0.3, -0.25) is 0 Å². The van der Waals surface area contributed by atoms with Crippen molar-refractivity contribution in [2.75, 3.05) is 119 Å². The number of rotatable bonds is 33. The molecule has 52 heavy (non-hydrogen) atoms. The highest BCUT2D eigenvalue weighted by Crippen LogP contribution is 2.01. The first kappa shape index (κ1) is 98.6. The average Bonchev–Trinajstić information content (AvgIpc) is 2.93. The van der Waals surface area contributed by atoms with Gasteiger partial charge in [-0.25, -0.2) is 0 Å². The van der Waals surface area contributed by atoms with Gasteiger partial charge >= 0.3 is 0 Å². The molecule has 0 heterocycles. The molecule has 0 rings (SSSR count). The molecule has 0 bridgehead atoms. The summed E-state index contributed by atoms with van der Waals surface area (Å²) in [7, 11) is 0. The SMILES string of the molecule is C.C.C.C.C.C.C.C.C.C.C.C.C.C.CCCOCCOCC(COCCOCCC)OCCOC(COCCOCCC)COCCOCCC. The highest BCUT2D eigenvalue weighted by atomic mass is 16.6. The molecule has 0 N–H and O–H groups in total. The van der Waals surface area contributed by atoms with Crippen LogP contribution in [0.2, 0.25) is 0 Å². The van der Waals surface area contributed by atoms with Crippen LogP contribution in [0, 0.1) is 0 Å². The lowest BCUT2D eigenvalue weighted by molar-refractivity contribution is -0.108. The van der Waals surface area contributed by atoms with Crippen LogP contribution in [0.15, 0.2) is 0 Å². The van der Waals surface area contributed by atoms with Crippen LogP contribution in [0.4, 0.5) is 0 Å². The zero-order chi connectivity index (χ0) is 27.8. The van der Waals surface area contributed by atoms with E-state index < -0.39 is 0 Å². The Labute approximate surface area is 335 Å². The molecule has 0 fully saturated rings. The van der Waals surface area contributed by atoms with Gasteiger partial charge in [-0.1, -0.05) is 132 Å². The summed E-state index contributed by atoms with van der Waals surface area (Å²) >= 11 is 0. The Morgan fingerprint density at radius 3 is 0.577 bits per heavy atom. The maximum absolute atomic E-state index is 6.01. The molecule has 0 saturated carbocycles. The number of ether oxygens (including phenoxy) is 10. The third-order valence-electron chi connectivity index (χ3n) is 4.89. The van der Waals surface area contributed by atoms with Gasteiger partial charge in [-0.2, -0.15) is 0 Å². The minimum Gasteiger partial charge on any atom is -0.379 e. The van der Waals surface area contributed by atoms with E-state index in [9.17, 15) is 0 Å². The van der Waals surface area contributed by atoms with E-state index in [1.807, 2.05) is 0 Å². The summed E-state index contributed by atoms with van der Waals surface area (Å²) in [6, 6.07) is 0. The van der Waals surface area contributed by atoms with E-state index in [-0.39, 0.29) is 116 Å². The zero-order valence-corrected chi connectivity index (χ0v) is 24.8. The topological polar surface area (TPSA) is 92.3 Å². The molecule has 0 aromatic carbocycles. The molecule has 0 saturated heterocycles. The summed E-state index contributed by atoms with van der Waals surface area (Å²) in [4.78, 5) is 0. The first-order valence-electron chi connectivity index (χ1n) is 14.6. The summed E-state index contributed by atoms with van der Waals surface area (Å²) in [5.41, 5.74) is 0. The highest BCUT2D eigenvalue weighted by Gasteiger charge is 2.13. The van der Waals surface area contributed by atoms with E-state index in [2.05, 4.69) is 27.7 Å². The maximum Gasteiger partial charge on any atom is 0.104 e. The molecule has 10 nitrogen and oxygen atoms in total. The third-order valence-corrected chi connectivity index (χ3v) is 4.89. The highest BCUT2D eigenvalue weighted by molar-refractivity contribution is 4.59. The molecule has 0 aliphatic heterocycles. The first-order chi connectivity index (χ1) is 18.8. The van der Waals surface area contributed by atoms with Crippen LogP contribution in [-0.2, 0) is 47.4 Å². The molecule has 0 atom stereocenters. The number of hydrogen-bond donors (Lipinski definition) is 0. The predicted octanol–water partition coefficient (Wildman–Crippen LogP) is 12.4. The molecular formula is C42H114O10. The van der Waals surface area contributed by atoms with Crippen LogP contribution in [0.25, 0.3) is 0 Å². The average molecular weight is 779 g/mol. The molecule has 0 amide bonds. The normalized spacial score (nSPS) is 8.65. The Kier molecular flexibility index (Phi) is 167. The second kappa shape index (κ2) is 88.1. The second-order valence-electron chi connectivity index (χ2n) is 8.73. The quantitative estimate of drug-likeness (QED) is 0.0599. The Balaban J connectivity index is -0.0000000752. The van der Waals surface area contributed by atoms with E-state index in [1.54, 1.807) is 0 Å². The lowest BCUT2D eigenvalue weighted by Crippen LogP contribution is -2.31. The van der Waals surface area contributed by atoms with Crippen molar-refractivity contribution in [3.05, 3.63) is 0 Å². The minimum absolute atomic E-state index is 0. The molecule has 10 heteroatoms. The van der Waals surface area contributed by atoms with Crippen LogP contribution >= 0.6 is 0 Å². The zero-order valence-electron chi connectivity index (χ0n) is 24.8. The summed E-state index contributed by atoms with van der Waals surface area (Å²) in [6.07, 6.45) is 3.58. The van der Waals surface area contributed by atoms with Gasteiger partial charge in [0.2, 0.25) is 0 Å². The predicted molar refractivity (Wildman–Crippen MR) is 241 cm³/mol. The van der Waals surface area contributed by atoms with Crippen molar-refractivity contribution in [2.24, 2.45) is 0 Å². The van der Waals surface area contributed by atoms with E-state index in [0.717, 1.165) is 52.1 Å². The molecule has 0 aromatic rings. The van der Waals surface area contributed by atoms with Gasteiger partial charge in [0.15, 0.2) is 0 Å². The Morgan fingerprint density at radius 2 is 0.404 bits per heavy atom. The third kappa shape index (κ3) is 78.6. The standard InChI is InChI=1S/C28H58O10.14CH4/c1-5-9-29-13-17-33-23-27(24-34-18-14-30-10-6-2)37-21-22-38-28(25-35-19-15-31-11-7-3)26-36-20-16-32-12-8-4;;;;;;;;;;;;;;/h27-28H,5-26H2,1-4H3;14*1H4. The van der Waals surface area contributed by atoms with Gasteiger partial charge in [0.05, 0.1) is 92.5 Å². The monoisotopic (exact) mass is 779 g/mol.